The fourth-order valence-corrected chi connectivity index (χ4v) is 6.36. The molecule has 0 N–H and O–H groups in total. The van der Waals surface area contributed by atoms with E-state index in [-0.39, 0.29) is 19.5 Å². The Labute approximate surface area is 453 Å². The van der Waals surface area contributed by atoms with Gasteiger partial charge in [0.25, 0.3) is 0 Å². The maximum absolute atomic E-state index is 10.7. The molecule has 0 saturated heterocycles. The molecule has 6 aromatic rings. The third kappa shape index (κ3) is 31.9. The fourth-order valence-electron chi connectivity index (χ4n) is 4.37. The summed E-state index contributed by atoms with van der Waals surface area (Å²) in [6.07, 6.45) is 14.0. The SMILES string of the molecule is C1=CCC/C=C\CC1.O=S(=O)([O-])C(F)(F)F.O=S(=O)([O-])C(F)(F)F.O=S(=O)([O-])C(F)(F)F.[Rh+3].c1ccc(OP(Oc2ccccc2)Oc2ccccc2)cc1.c1ccc(OP(Oc2ccccc2)Oc2ccccc2)cc1. The molecule has 7 rings (SSSR count). The van der Waals surface area contributed by atoms with E-state index in [1.165, 1.54) is 25.7 Å². The van der Waals surface area contributed by atoms with E-state index in [0.29, 0.717) is 34.5 Å². The molecule has 15 nitrogen and oxygen atoms in total. The van der Waals surface area contributed by atoms with E-state index in [0.717, 1.165) is 0 Å². The summed E-state index contributed by atoms with van der Waals surface area (Å²) in [7, 11) is -21.4. The minimum Gasteiger partial charge on any atom is -0.741 e. The molecule has 0 bridgehead atoms. The molecule has 1 aliphatic rings. The van der Waals surface area contributed by atoms with Crippen LogP contribution in [-0.4, -0.2) is 55.4 Å². The fraction of sp³-hybridized carbons (Fsp3) is 0.149. The van der Waals surface area contributed by atoms with E-state index in [9.17, 15) is 39.5 Å². The van der Waals surface area contributed by atoms with E-state index in [4.69, 9.17) is 66.1 Å². The van der Waals surface area contributed by atoms with E-state index < -0.39 is 64.1 Å². The average molecular weight is 1280 g/mol. The largest absolute Gasteiger partial charge is 3.00 e. The smallest absolute Gasteiger partial charge is 0.741 e. The number of alkyl halides is 9. The zero-order valence-electron chi connectivity index (χ0n) is 38.9. The molecule has 0 radical (unpaired) electrons. The molecule has 0 aliphatic heterocycles. The summed E-state index contributed by atoms with van der Waals surface area (Å²) in [4.78, 5) is 0. The molecular weight excluding hydrogens is 1240 g/mol. The molecule has 1 aliphatic carbocycles. The van der Waals surface area contributed by atoms with Gasteiger partial charge in [0, 0.05) is 0 Å². The van der Waals surface area contributed by atoms with Crippen LogP contribution in [0.4, 0.5) is 39.5 Å². The van der Waals surface area contributed by atoms with Crippen molar-refractivity contribution in [2.24, 2.45) is 0 Å². The second kappa shape index (κ2) is 34.8. The monoisotopic (exact) mass is 1280 g/mol. The van der Waals surface area contributed by atoms with Crippen LogP contribution in [0.25, 0.3) is 0 Å². The molecule has 420 valence electrons. The van der Waals surface area contributed by atoms with Gasteiger partial charge in [0.05, 0.1) is 0 Å². The van der Waals surface area contributed by atoms with E-state index >= 15 is 0 Å². The predicted molar refractivity (Wildman–Crippen MR) is 260 cm³/mol. The van der Waals surface area contributed by atoms with E-state index in [2.05, 4.69) is 24.3 Å². The van der Waals surface area contributed by atoms with E-state index in [1.807, 2.05) is 182 Å². The summed E-state index contributed by atoms with van der Waals surface area (Å²) in [5.74, 6) is 4.25. The first-order valence-corrected chi connectivity index (χ1v) is 27.3. The molecule has 0 amide bonds. The van der Waals surface area contributed by atoms with E-state index in [1.54, 1.807) is 0 Å². The summed E-state index contributed by atoms with van der Waals surface area (Å²) in [6, 6.07) is 57.0. The maximum atomic E-state index is 10.7. The van der Waals surface area contributed by atoms with Crippen LogP contribution in [0, 0.1) is 0 Å². The molecule has 77 heavy (non-hydrogen) atoms. The molecule has 6 aromatic carbocycles. The maximum Gasteiger partial charge on any atom is 3.00 e. The molecule has 0 spiro atoms. The molecule has 0 unspecified atom stereocenters. The van der Waals surface area contributed by atoms with Crippen LogP contribution >= 0.6 is 17.2 Å². The van der Waals surface area contributed by atoms with Gasteiger partial charge in [-0.05, 0) is 98.5 Å². The number of benzene rings is 6. The molecule has 0 atom stereocenters. The van der Waals surface area contributed by atoms with Crippen LogP contribution in [0.2, 0.25) is 0 Å². The first kappa shape index (κ1) is 69.2. The first-order chi connectivity index (χ1) is 35.5. The minimum absolute atomic E-state index is 0. The first-order valence-electron chi connectivity index (χ1n) is 20.9. The third-order valence-electron chi connectivity index (χ3n) is 7.72. The van der Waals surface area contributed by atoms with Gasteiger partial charge < -0.3 is 40.8 Å². The topological polar surface area (TPSA) is 227 Å². The van der Waals surface area contributed by atoms with Crippen molar-refractivity contribution >= 4 is 47.6 Å². The van der Waals surface area contributed by atoms with Gasteiger partial charge in [-0.25, -0.2) is 25.3 Å². The molecule has 30 heteroatoms. The zero-order valence-corrected chi connectivity index (χ0v) is 44.8. The molecular formula is C47H42F9O15P2RhS3. The summed E-state index contributed by atoms with van der Waals surface area (Å²) >= 11 is 0. The normalized spacial score (nSPS) is 12.7. The van der Waals surface area contributed by atoms with Crippen LogP contribution in [0.15, 0.2) is 206 Å². The second-order valence-corrected chi connectivity index (χ2v) is 19.8. The van der Waals surface area contributed by atoms with Gasteiger partial charge in [-0.3, -0.25) is 0 Å². The number of rotatable bonds is 12. The van der Waals surface area contributed by atoms with Crippen molar-refractivity contribution < 1.29 is 125 Å². The predicted octanol–water partition coefficient (Wildman–Crippen LogP) is 13.7. The van der Waals surface area contributed by atoms with Crippen molar-refractivity contribution in [3.63, 3.8) is 0 Å². The van der Waals surface area contributed by atoms with Gasteiger partial charge in [-0.1, -0.05) is 133 Å². The summed E-state index contributed by atoms with van der Waals surface area (Å²) < 4.78 is 212. The van der Waals surface area contributed by atoms with Crippen molar-refractivity contribution in [3.8, 4) is 34.5 Å². The summed E-state index contributed by atoms with van der Waals surface area (Å²) in [6.45, 7) is 0. The Morgan fingerprint density at radius 3 is 0.519 bits per heavy atom. The van der Waals surface area contributed by atoms with Gasteiger partial charge in [-0.2, -0.15) is 39.5 Å². The third-order valence-corrected chi connectivity index (χ3v) is 11.6. The standard InChI is InChI=1S/2C18H15O3P.C8H12.3CHF3O3S.Rh/c2*1-4-10-16(11-5-1)19-22(20-17-12-6-2-7-13-17)21-18-14-8-3-9-15-18;1-2-4-6-8-7-5-3-1;3*2-1(3,4)8(5,6)7;/h2*1-15H;1-2,7-8H,3-6H2;3*(H,5,6,7);/q;;;;;;+3/p-3/b;;2-1-,8-7?;;;;. The Hall–Kier alpha value is -5.82. The van der Waals surface area contributed by atoms with Crippen LogP contribution in [0.1, 0.15) is 25.7 Å². The van der Waals surface area contributed by atoms with Crippen molar-refractivity contribution in [2.45, 2.75) is 42.2 Å². The Bertz CT molecular complexity index is 2480. The number of hydrogen-bond acceptors (Lipinski definition) is 15. The number of para-hydroxylation sites is 6. The van der Waals surface area contributed by atoms with Crippen molar-refractivity contribution in [3.05, 3.63) is 206 Å². The van der Waals surface area contributed by atoms with Crippen molar-refractivity contribution in [2.75, 3.05) is 0 Å². The molecule has 0 heterocycles. The van der Waals surface area contributed by atoms with Gasteiger partial charge in [0.2, 0.25) is 0 Å². The van der Waals surface area contributed by atoms with Crippen LogP contribution in [-0.2, 0) is 49.8 Å². The van der Waals surface area contributed by atoms with Crippen LogP contribution < -0.4 is 27.1 Å². The van der Waals surface area contributed by atoms with Crippen molar-refractivity contribution in [1.29, 1.82) is 0 Å². The average Bonchev–Trinajstić information content (AvgIpc) is 3.32. The minimum atomic E-state index is -6.09. The molecule has 0 fully saturated rings. The number of hydrogen-bond donors (Lipinski definition) is 0. The van der Waals surface area contributed by atoms with Gasteiger partial charge in [-0.15, -0.1) is 0 Å². The Kier molecular flexibility index (Phi) is 31.3. The molecule has 0 aromatic heterocycles. The summed E-state index contributed by atoms with van der Waals surface area (Å²) in [5.41, 5.74) is -16.9. The second-order valence-electron chi connectivity index (χ2n) is 13.7. The number of halogens is 9. The number of allylic oxidation sites excluding steroid dienone is 4. The zero-order chi connectivity index (χ0) is 56.7. The van der Waals surface area contributed by atoms with Crippen LogP contribution in [0.3, 0.4) is 0 Å². The quantitative estimate of drug-likeness (QED) is 0.0277. The Morgan fingerprint density at radius 1 is 0.299 bits per heavy atom. The molecule has 0 saturated carbocycles. The summed E-state index contributed by atoms with van der Waals surface area (Å²) in [5, 5.41) is 0. The van der Waals surface area contributed by atoms with Gasteiger partial charge >= 0.3 is 53.2 Å². The Morgan fingerprint density at radius 2 is 0.416 bits per heavy atom. The Balaban J connectivity index is 0.000000498. The van der Waals surface area contributed by atoms with Gasteiger partial charge in [0.15, 0.2) is 30.4 Å². The van der Waals surface area contributed by atoms with Gasteiger partial charge in [0.1, 0.15) is 34.5 Å². The van der Waals surface area contributed by atoms with Crippen molar-refractivity contribution in [1.82, 2.24) is 0 Å². The van der Waals surface area contributed by atoms with Crippen LogP contribution in [0.5, 0.6) is 34.5 Å².